The summed E-state index contributed by atoms with van der Waals surface area (Å²) in [6, 6.07) is 17.3. The first-order valence-corrected chi connectivity index (χ1v) is 12.5. The van der Waals surface area contributed by atoms with Gasteiger partial charge in [0, 0.05) is 24.8 Å². The second kappa shape index (κ2) is 10.1. The van der Waals surface area contributed by atoms with Crippen molar-refractivity contribution in [3.8, 4) is 0 Å². The van der Waals surface area contributed by atoms with E-state index in [1.165, 1.54) is 0 Å². The van der Waals surface area contributed by atoms with E-state index in [1.54, 1.807) is 19.1 Å². The van der Waals surface area contributed by atoms with Gasteiger partial charge in [-0.2, -0.15) is 0 Å². The number of carbonyl (C=O) groups excluding carboxylic acids is 1. The molecule has 1 saturated heterocycles. The number of amides is 1. The Morgan fingerprint density at radius 3 is 2.23 bits per heavy atom. The zero-order valence-corrected chi connectivity index (χ0v) is 18.7. The maximum Gasteiger partial charge on any atom is 0.227 e. The van der Waals surface area contributed by atoms with Gasteiger partial charge in [-0.1, -0.05) is 50.6 Å². The van der Waals surface area contributed by atoms with Gasteiger partial charge in [0.2, 0.25) is 5.91 Å². The van der Waals surface area contributed by atoms with Gasteiger partial charge in [0.1, 0.15) is 0 Å². The van der Waals surface area contributed by atoms with Crippen molar-refractivity contribution in [2.24, 2.45) is 0 Å². The second-order valence-electron chi connectivity index (χ2n) is 7.92. The summed E-state index contributed by atoms with van der Waals surface area (Å²) in [6.45, 7) is 5.45. The summed E-state index contributed by atoms with van der Waals surface area (Å²) >= 11 is 0. The Hall–Kier alpha value is -2.34. The quantitative estimate of drug-likeness (QED) is 0.686. The third-order valence-corrected chi connectivity index (χ3v) is 7.63. The molecule has 0 aromatic heterocycles. The number of rotatable bonds is 8. The fourth-order valence-corrected chi connectivity index (χ4v) is 4.92. The first-order valence-electron chi connectivity index (χ1n) is 10.9. The van der Waals surface area contributed by atoms with Crippen LogP contribution in [0, 0.1) is 0 Å². The minimum Gasteiger partial charge on any atom is -0.371 e. The molecule has 1 heterocycles. The van der Waals surface area contributed by atoms with Gasteiger partial charge >= 0.3 is 0 Å². The fourth-order valence-electron chi connectivity index (χ4n) is 4.04. The van der Waals surface area contributed by atoms with E-state index in [4.69, 9.17) is 0 Å². The largest absolute Gasteiger partial charge is 0.371 e. The standard InChI is InChI=1S/C24H32N2O3S/c1-3-8-23(19-9-6-5-7-10-19)24(27)25-20-15-17-26(18-16-20)21-11-13-22(14-12-21)30(28,29)4-2/h5-7,9-14,20,23H,3-4,8,15-18H2,1-2H3,(H,25,27). The smallest absolute Gasteiger partial charge is 0.227 e. The van der Waals surface area contributed by atoms with Gasteiger partial charge in [0.05, 0.1) is 16.6 Å². The monoisotopic (exact) mass is 428 g/mol. The molecule has 2 aromatic carbocycles. The zero-order valence-electron chi connectivity index (χ0n) is 17.9. The van der Waals surface area contributed by atoms with E-state index in [2.05, 4.69) is 17.1 Å². The molecule has 0 spiro atoms. The highest BCUT2D eigenvalue weighted by Gasteiger charge is 2.25. The lowest BCUT2D eigenvalue weighted by molar-refractivity contribution is -0.123. The minimum absolute atomic E-state index is 0.0951. The Bertz CT molecular complexity index is 919. The summed E-state index contributed by atoms with van der Waals surface area (Å²) in [5, 5.41) is 3.27. The van der Waals surface area contributed by atoms with Gasteiger partial charge in [-0.15, -0.1) is 0 Å². The van der Waals surface area contributed by atoms with Crippen molar-refractivity contribution in [3.05, 3.63) is 60.2 Å². The van der Waals surface area contributed by atoms with Crippen LogP contribution in [0.1, 0.15) is 51.0 Å². The van der Waals surface area contributed by atoms with E-state index in [1.807, 2.05) is 42.5 Å². The van der Waals surface area contributed by atoms with Crippen molar-refractivity contribution >= 4 is 21.4 Å². The Balaban J connectivity index is 1.57. The number of anilines is 1. The summed E-state index contributed by atoms with van der Waals surface area (Å²) in [4.78, 5) is 15.6. The molecule has 0 radical (unpaired) electrons. The molecule has 1 fully saturated rings. The highest BCUT2D eigenvalue weighted by atomic mass is 32.2. The molecule has 0 bridgehead atoms. The van der Waals surface area contributed by atoms with E-state index in [0.717, 1.165) is 50.0 Å². The highest BCUT2D eigenvalue weighted by Crippen LogP contribution is 2.25. The van der Waals surface area contributed by atoms with Crippen LogP contribution in [0.2, 0.25) is 0 Å². The van der Waals surface area contributed by atoms with Crippen LogP contribution >= 0.6 is 0 Å². The van der Waals surface area contributed by atoms with E-state index >= 15 is 0 Å². The topological polar surface area (TPSA) is 66.5 Å². The van der Waals surface area contributed by atoms with Gasteiger partial charge < -0.3 is 10.2 Å². The van der Waals surface area contributed by atoms with Crippen molar-refractivity contribution in [3.63, 3.8) is 0 Å². The van der Waals surface area contributed by atoms with Gasteiger partial charge in [0.15, 0.2) is 9.84 Å². The predicted molar refractivity (Wildman–Crippen MR) is 122 cm³/mol. The average molecular weight is 429 g/mol. The summed E-state index contributed by atoms with van der Waals surface area (Å²) in [7, 11) is -3.17. The number of piperidine rings is 1. The molecule has 1 unspecified atom stereocenters. The number of hydrogen-bond acceptors (Lipinski definition) is 4. The molecule has 5 nitrogen and oxygen atoms in total. The maximum atomic E-state index is 12.9. The van der Waals surface area contributed by atoms with Crippen molar-refractivity contribution < 1.29 is 13.2 Å². The molecule has 6 heteroatoms. The maximum absolute atomic E-state index is 12.9. The lowest BCUT2D eigenvalue weighted by atomic mass is 9.92. The van der Waals surface area contributed by atoms with Crippen LogP contribution in [-0.4, -0.2) is 39.2 Å². The number of carbonyl (C=O) groups is 1. The van der Waals surface area contributed by atoms with E-state index in [9.17, 15) is 13.2 Å². The molecule has 162 valence electrons. The molecule has 1 atom stereocenters. The Kier molecular flexibility index (Phi) is 7.53. The molecule has 0 saturated carbocycles. The Morgan fingerprint density at radius 1 is 1.03 bits per heavy atom. The third-order valence-electron chi connectivity index (χ3n) is 5.88. The lowest BCUT2D eigenvalue weighted by Gasteiger charge is -2.34. The fraction of sp³-hybridized carbons (Fsp3) is 0.458. The van der Waals surface area contributed by atoms with Gasteiger partial charge in [-0.25, -0.2) is 8.42 Å². The highest BCUT2D eigenvalue weighted by molar-refractivity contribution is 7.91. The molecular formula is C24H32N2O3S. The minimum atomic E-state index is -3.17. The van der Waals surface area contributed by atoms with Crippen LogP contribution in [0.15, 0.2) is 59.5 Å². The Labute approximate surface area is 180 Å². The molecular weight excluding hydrogens is 396 g/mol. The summed E-state index contributed by atoms with van der Waals surface area (Å²) in [6.07, 6.45) is 3.58. The molecule has 1 N–H and O–H groups in total. The molecule has 2 aromatic rings. The summed E-state index contributed by atoms with van der Waals surface area (Å²) in [5.41, 5.74) is 2.11. The summed E-state index contributed by atoms with van der Waals surface area (Å²) in [5.74, 6) is 0.136. The number of nitrogens with one attached hydrogen (secondary N) is 1. The van der Waals surface area contributed by atoms with Crippen LogP contribution < -0.4 is 10.2 Å². The first-order chi connectivity index (χ1) is 14.4. The SMILES string of the molecule is CCCC(C(=O)NC1CCN(c2ccc(S(=O)(=O)CC)cc2)CC1)c1ccccc1. The lowest BCUT2D eigenvalue weighted by Crippen LogP contribution is -2.46. The predicted octanol–water partition coefficient (Wildman–Crippen LogP) is 4.15. The van der Waals surface area contributed by atoms with Gasteiger partial charge in [-0.05, 0) is 49.1 Å². The van der Waals surface area contributed by atoms with Crippen LogP contribution in [0.3, 0.4) is 0 Å². The van der Waals surface area contributed by atoms with E-state index < -0.39 is 9.84 Å². The molecule has 1 aliphatic rings. The zero-order chi connectivity index (χ0) is 21.6. The van der Waals surface area contributed by atoms with Crippen molar-refractivity contribution in [1.29, 1.82) is 0 Å². The van der Waals surface area contributed by atoms with Gasteiger partial charge in [-0.3, -0.25) is 4.79 Å². The van der Waals surface area contributed by atoms with Crippen LogP contribution in [-0.2, 0) is 14.6 Å². The second-order valence-corrected chi connectivity index (χ2v) is 10.2. The molecule has 0 aliphatic carbocycles. The molecule has 3 rings (SSSR count). The molecule has 30 heavy (non-hydrogen) atoms. The molecule has 1 amide bonds. The van der Waals surface area contributed by atoms with Crippen LogP contribution in [0.4, 0.5) is 5.69 Å². The van der Waals surface area contributed by atoms with Gasteiger partial charge in [0.25, 0.3) is 0 Å². The normalized spacial score (nSPS) is 16.3. The van der Waals surface area contributed by atoms with Crippen molar-refractivity contribution in [2.75, 3.05) is 23.7 Å². The van der Waals surface area contributed by atoms with Crippen LogP contribution in [0.25, 0.3) is 0 Å². The number of sulfone groups is 1. The third kappa shape index (κ3) is 5.42. The van der Waals surface area contributed by atoms with E-state index in [0.29, 0.717) is 4.90 Å². The van der Waals surface area contributed by atoms with Crippen molar-refractivity contribution in [2.45, 2.75) is 56.4 Å². The van der Waals surface area contributed by atoms with Crippen LogP contribution in [0.5, 0.6) is 0 Å². The first kappa shape index (κ1) is 22.3. The molecule has 1 aliphatic heterocycles. The average Bonchev–Trinajstić information content (AvgIpc) is 2.78. The Morgan fingerprint density at radius 2 is 1.67 bits per heavy atom. The van der Waals surface area contributed by atoms with Crippen molar-refractivity contribution in [1.82, 2.24) is 5.32 Å². The summed E-state index contributed by atoms with van der Waals surface area (Å²) < 4.78 is 24.0. The number of nitrogens with zero attached hydrogens (tertiary/aromatic N) is 1. The number of benzene rings is 2. The number of hydrogen-bond donors (Lipinski definition) is 1. The van der Waals surface area contributed by atoms with E-state index in [-0.39, 0.29) is 23.6 Å².